The van der Waals surface area contributed by atoms with E-state index in [2.05, 4.69) is 5.32 Å². The second kappa shape index (κ2) is 10.4. The lowest BCUT2D eigenvalue weighted by Gasteiger charge is -2.21. The molecular weight excluding hydrogens is 411 g/mol. The van der Waals surface area contributed by atoms with Crippen LogP contribution in [0.3, 0.4) is 0 Å². The zero-order valence-corrected chi connectivity index (χ0v) is 17.9. The smallest absolute Gasteiger partial charge is 0.416 e. The number of carbonyl (C=O) groups excluding carboxylic acids is 2. The standard InChI is InChI=1S/C23H26F3NO4/c1-14(28)9-10-27-15(2)19-13-17(23(24,25)26)6-7-18(19)20-11-16(12-22(29)31-4)5-8-21(20)30-3/h5-8,11,13,15,27H,9-10,12H2,1-4H3. The van der Waals surface area contributed by atoms with Gasteiger partial charge >= 0.3 is 12.1 Å². The van der Waals surface area contributed by atoms with Gasteiger partial charge in [-0.3, -0.25) is 9.59 Å². The summed E-state index contributed by atoms with van der Waals surface area (Å²) in [6.45, 7) is 3.54. The number of halogens is 3. The third kappa shape index (κ3) is 6.55. The topological polar surface area (TPSA) is 64.6 Å². The molecule has 168 valence electrons. The SMILES string of the molecule is COC(=O)Cc1ccc(OC)c(-c2ccc(C(F)(F)F)cc2C(C)NCCC(C)=O)c1. The van der Waals surface area contributed by atoms with Crippen LogP contribution in [0.1, 0.15) is 43.0 Å². The molecule has 1 unspecified atom stereocenters. The molecule has 0 saturated carbocycles. The molecule has 0 bridgehead atoms. The van der Waals surface area contributed by atoms with Gasteiger partial charge in [0.2, 0.25) is 0 Å². The quantitative estimate of drug-likeness (QED) is 0.575. The molecule has 5 nitrogen and oxygen atoms in total. The van der Waals surface area contributed by atoms with Gasteiger partial charge in [-0.25, -0.2) is 0 Å². The van der Waals surface area contributed by atoms with E-state index < -0.39 is 23.8 Å². The van der Waals surface area contributed by atoms with Gasteiger partial charge < -0.3 is 14.8 Å². The molecule has 0 aliphatic heterocycles. The van der Waals surface area contributed by atoms with Crippen LogP contribution >= 0.6 is 0 Å². The molecule has 2 aromatic rings. The van der Waals surface area contributed by atoms with Crippen molar-refractivity contribution in [3.63, 3.8) is 0 Å². The largest absolute Gasteiger partial charge is 0.496 e. The number of hydrogen-bond acceptors (Lipinski definition) is 5. The van der Waals surface area contributed by atoms with E-state index in [9.17, 15) is 22.8 Å². The Morgan fingerprint density at radius 3 is 2.35 bits per heavy atom. The van der Waals surface area contributed by atoms with Crippen LogP contribution in [-0.4, -0.2) is 32.5 Å². The first-order chi connectivity index (χ1) is 14.6. The molecule has 31 heavy (non-hydrogen) atoms. The second-order valence-corrected chi connectivity index (χ2v) is 7.22. The highest BCUT2D eigenvalue weighted by atomic mass is 19.4. The van der Waals surface area contributed by atoms with Crippen molar-refractivity contribution in [1.82, 2.24) is 5.32 Å². The van der Waals surface area contributed by atoms with Crippen LogP contribution < -0.4 is 10.1 Å². The summed E-state index contributed by atoms with van der Waals surface area (Å²) in [5, 5.41) is 3.11. The van der Waals surface area contributed by atoms with Crippen LogP contribution in [0.2, 0.25) is 0 Å². The van der Waals surface area contributed by atoms with Crippen LogP contribution in [0.25, 0.3) is 11.1 Å². The molecule has 0 fully saturated rings. The minimum Gasteiger partial charge on any atom is -0.496 e. The highest BCUT2D eigenvalue weighted by Gasteiger charge is 2.32. The maximum atomic E-state index is 13.4. The van der Waals surface area contributed by atoms with Gasteiger partial charge in [0.05, 0.1) is 26.2 Å². The van der Waals surface area contributed by atoms with Gasteiger partial charge in [-0.1, -0.05) is 12.1 Å². The minimum absolute atomic E-state index is 0.0128. The molecule has 2 aromatic carbocycles. The van der Waals surface area contributed by atoms with Crippen molar-refractivity contribution in [3.05, 3.63) is 53.1 Å². The fourth-order valence-electron chi connectivity index (χ4n) is 3.23. The zero-order chi connectivity index (χ0) is 23.2. The Balaban J connectivity index is 2.57. The van der Waals surface area contributed by atoms with E-state index in [1.54, 1.807) is 25.1 Å². The van der Waals surface area contributed by atoms with Gasteiger partial charge in [-0.05, 0) is 54.8 Å². The molecule has 8 heteroatoms. The van der Waals surface area contributed by atoms with E-state index in [1.807, 2.05) is 0 Å². The number of methoxy groups -OCH3 is 2. The molecule has 0 amide bonds. The van der Waals surface area contributed by atoms with Crippen LogP contribution in [-0.2, 0) is 26.9 Å². The average Bonchev–Trinajstić information content (AvgIpc) is 2.72. The molecule has 0 aromatic heterocycles. The van der Waals surface area contributed by atoms with Crippen LogP contribution in [0, 0.1) is 0 Å². The third-order valence-electron chi connectivity index (χ3n) is 4.90. The van der Waals surface area contributed by atoms with Crippen molar-refractivity contribution in [2.75, 3.05) is 20.8 Å². The van der Waals surface area contributed by atoms with Crippen LogP contribution in [0.5, 0.6) is 5.75 Å². The molecule has 1 atom stereocenters. The third-order valence-corrected chi connectivity index (χ3v) is 4.90. The molecule has 0 heterocycles. The van der Waals surface area contributed by atoms with Crippen molar-refractivity contribution < 1.29 is 32.2 Å². The van der Waals surface area contributed by atoms with Crippen molar-refractivity contribution >= 4 is 11.8 Å². The summed E-state index contributed by atoms with van der Waals surface area (Å²) in [6, 6.07) is 8.15. The Hall–Kier alpha value is -2.87. The van der Waals surface area contributed by atoms with Crippen molar-refractivity contribution in [2.45, 2.75) is 38.9 Å². The van der Waals surface area contributed by atoms with Gasteiger partial charge in [-0.2, -0.15) is 13.2 Å². The first-order valence-corrected chi connectivity index (χ1v) is 9.74. The lowest BCUT2D eigenvalue weighted by atomic mass is 9.91. The van der Waals surface area contributed by atoms with Crippen LogP contribution in [0.15, 0.2) is 36.4 Å². The molecule has 1 N–H and O–H groups in total. The summed E-state index contributed by atoms with van der Waals surface area (Å²) in [7, 11) is 2.76. The lowest BCUT2D eigenvalue weighted by Crippen LogP contribution is -2.22. The number of nitrogens with one attached hydrogen (secondary N) is 1. The van der Waals surface area contributed by atoms with Gasteiger partial charge in [-0.15, -0.1) is 0 Å². The number of ether oxygens (including phenoxy) is 2. The first-order valence-electron chi connectivity index (χ1n) is 9.74. The molecule has 0 spiro atoms. The summed E-state index contributed by atoms with van der Waals surface area (Å²) in [4.78, 5) is 22.9. The summed E-state index contributed by atoms with van der Waals surface area (Å²) in [5.41, 5.74) is 1.39. The van der Waals surface area contributed by atoms with E-state index >= 15 is 0 Å². The Kier molecular flexibility index (Phi) is 8.21. The molecule has 0 radical (unpaired) electrons. The molecule has 0 saturated heterocycles. The minimum atomic E-state index is -4.50. The lowest BCUT2D eigenvalue weighted by molar-refractivity contribution is -0.140. The number of rotatable bonds is 9. The number of ketones is 1. The van der Waals surface area contributed by atoms with E-state index in [-0.39, 0.29) is 18.6 Å². The van der Waals surface area contributed by atoms with Crippen molar-refractivity contribution in [1.29, 1.82) is 0 Å². The van der Waals surface area contributed by atoms with Crippen molar-refractivity contribution in [2.24, 2.45) is 0 Å². The van der Waals surface area contributed by atoms with E-state index in [0.717, 1.165) is 12.1 Å². The predicted octanol–water partition coefficient (Wildman–Crippen LogP) is 4.73. The maximum Gasteiger partial charge on any atom is 0.416 e. The Bertz CT molecular complexity index is 941. The number of carbonyl (C=O) groups is 2. The van der Waals surface area contributed by atoms with Gasteiger partial charge in [0.15, 0.2) is 0 Å². The fraction of sp³-hybridized carbons (Fsp3) is 0.391. The van der Waals surface area contributed by atoms with E-state index in [0.29, 0.717) is 34.5 Å². The number of benzene rings is 2. The number of alkyl halides is 3. The van der Waals surface area contributed by atoms with Gasteiger partial charge in [0, 0.05) is 24.6 Å². The normalized spacial score (nSPS) is 12.4. The maximum absolute atomic E-state index is 13.4. The van der Waals surface area contributed by atoms with Gasteiger partial charge in [0.1, 0.15) is 11.5 Å². The fourth-order valence-corrected chi connectivity index (χ4v) is 3.23. The average molecular weight is 437 g/mol. The van der Waals surface area contributed by atoms with Crippen molar-refractivity contribution in [3.8, 4) is 16.9 Å². The second-order valence-electron chi connectivity index (χ2n) is 7.22. The highest BCUT2D eigenvalue weighted by molar-refractivity contribution is 5.78. The summed E-state index contributed by atoms with van der Waals surface area (Å²) >= 11 is 0. The number of hydrogen-bond donors (Lipinski definition) is 1. The molecule has 0 aliphatic rings. The summed E-state index contributed by atoms with van der Waals surface area (Å²) < 4.78 is 50.3. The summed E-state index contributed by atoms with van der Waals surface area (Å²) in [6.07, 6.45) is -4.20. The van der Waals surface area contributed by atoms with Crippen LogP contribution in [0.4, 0.5) is 13.2 Å². The van der Waals surface area contributed by atoms with E-state index in [1.165, 1.54) is 27.2 Å². The molecular formula is C23H26F3NO4. The Labute approximate surface area is 179 Å². The van der Waals surface area contributed by atoms with Gasteiger partial charge in [0.25, 0.3) is 0 Å². The predicted molar refractivity (Wildman–Crippen MR) is 111 cm³/mol. The number of esters is 1. The monoisotopic (exact) mass is 437 g/mol. The molecule has 2 rings (SSSR count). The number of Topliss-reactive ketones (excluding diaryl/α,β-unsaturated/α-hetero) is 1. The molecule has 0 aliphatic carbocycles. The summed E-state index contributed by atoms with van der Waals surface area (Å²) in [5.74, 6) is 0.0229. The zero-order valence-electron chi connectivity index (χ0n) is 17.9. The Morgan fingerprint density at radius 1 is 1.06 bits per heavy atom. The first kappa shape index (κ1) is 24.4. The highest BCUT2D eigenvalue weighted by Crippen LogP contribution is 2.39. The Morgan fingerprint density at radius 2 is 1.77 bits per heavy atom. The van der Waals surface area contributed by atoms with E-state index in [4.69, 9.17) is 9.47 Å².